The fourth-order valence-electron chi connectivity index (χ4n) is 5.90. The SMILES string of the molecule is CCC(CC)C(CNC(=O)C1CCN(S(=O)(=O)c2ccc3c(c2)CCC3)CC1)N1CCOCC1. The number of hydrogen-bond donors (Lipinski definition) is 1. The maximum Gasteiger partial charge on any atom is 0.243 e. The number of ether oxygens (including phenoxy) is 1. The Kier molecular flexibility index (Phi) is 8.66. The number of benzene rings is 1. The highest BCUT2D eigenvalue weighted by Gasteiger charge is 2.34. The van der Waals surface area contributed by atoms with E-state index in [4.69, 9.17) is 4.74 Å². The molecule has 0 radical (unpaired) electrons. The van der Waals surface area contributed by atoms with Gasteiger partial charge in [-0.15, -0.1) is 0 Å². The van der Waals surface area contributed by atoms with E-state index >= 15 is 0 Å². The van der Waals surface area contributed by atoms with Gasteiger partial charge in [0.15, 0.2) is 0 Å². The molecule has 1 N–H and O–H groups in total. The van der Waals surface area contributed by atoms with Gasteiger partial charge in [-0.05, 0) is 61.3 Å². The molecule has 7 nitrogen and oxygen atoms in total. The van der Waals surface area contributed by atoms with Crippen molar-refractivity contribution in [1.29, 1.82) is 0 Å². The van der Waals surface area contributed by atoms with Crippen molar-refractivity contribution in [2.75, 3.05) is 45.9 Å². The van der Waals surface area contributed by atoms with Gasteiger partial charge in [0.05, 0.1) is 18.1 Å². The molecule has 1 amide bonds. The summed E-state index contributed by atoms with van der Waals surface area (Å²) in [5, 5.41) is 3.22. The summed E-state index contributed by atoms with van der Waals surface area (Å²) >= 11 is 0. The molecule has 2 aliphatic heterocycles. The minimum atomic E-state index is -3.51. The molecule has 190 valence electrons. The number of hydrogen-bond acceptors (Lipinski definition) is 5. The molecule has 0 aromatic heterocycles. The highest BCUT2D eigenvalue weighted by molar-refractivity contribution is 7.89. The van der Waals surface area contributed by atoms with Crippen LogP contribution < -0.4 is 5.32 Å². The Balaban J connectivity index is 1.32. The normalized spacial score (nSPS) is 21.5. The molecule has 3 aliphatic rings. The molecule has 0 spiro atoms. The largest absolute Gasteiger partial charge is 0.379 e. The van der Waals surface area contributed by atoms with Gasteiger partial charge in [-0.1, -0.05) is 32.8 Å². The lowest BCUT2D eigenvalue weighted by atomic mass is 9.91. The summed E-state index contributed by atoms with van der Waals surface area (Å²) in [7, 11) is -3.51. The van der Waals surface area contributed by atoms with Crippen molar-refractivity contribution in [3.8, 4) is 0 Å². The number of fused-ring (bicyclic) bond motifs is 1. The molecule has 2 saturated heterocycles. The fourth-order valence-corrected chi connectivity index (χ4v) is 7.42. The smallest absolute Gasteiger partial charge is 0.243 e. The first-order chi connectivity index (χ1) is 16.4. The first-order valence-electron chi connectivity index (χ1n) is 13.2. The van der Waals surface area contributed by atoms with Gasteiger partial charge in [0, 0.05) is 44.7 Å². The molecule has 34 heavy (non-hydrogen) atoms. The topological polar surface area (TPSA) is 79.0 Å². The van der Waals surface area contributed by atoms with Gasteiger partial charge < -0.3 is 10.1 Å². The standard InChI is InChI=1S/C26H41N3O4S/c1-3-20(4-2)25(28-14-16-33-17-15-28)19-27-26(30)22-10-12-29(13-11-22)34(31,32)24-9-8-21-6-5-7-23(21)18-24/h8-9,18,20,22,25H,3-7,10-17,19H2,1-2H3,(H,27,30). The number of aryl methyl sites for hydroxylation is 2. The Hall–Kier alpha value is -1.48. The first kappa shape index (κ1) is 25.6. The maximum atomic E-state index is 13.2. The third-order valence-corrected chi connectivity index (χ3v) is 10.0. The predicted octanol–water partition coefficient (Wildman–Crippen LogP) is 2.83. The molecule has 1 aliphatic carbocycles. The van der Waals surface area contributed by atoms with Gasteiger partial charge in [0.1, 0.15) is 0 Å². The van der Waals surface area contributed by atoms with Crippen molar-refractivity contribution in [1.82, 2.24) is 14.5 Å². The minimum Gasteiger partial charge on any atom is -0.379 e. The second-order valence-corrected chi connectivity index (χ2v) is 11.9. The van der Waals surface area contributed by atoms with Gasteiger partial charge in [-0.2, -0.15) is 4.31 Å². The summed E-state index contributed by atoms with van der Waals surface area (Å²) in [6, 6.07) is 5.91. The predicted molar refractivity (Wildman–Crippen MR) is 133 cm³/mol. The lowest BCUT2D eigenvalue weighted by molar-refractivity contribution is -0.126. The number of nitrogens with one attached hydrogen (secondary N) is 1. The van der Waals surface area contributed by atoms with E-state index in [-0.39, 0.29) is 11.8 Å². The summed E-state index contributed by atoms with van der Waals surface area (Å²) in [6.07, 6.45) is 6.43. The van der Waals surface area contributed by atoms with Crippen molar-refractivity contribution >= 4 is 15.9 Å². The van der Waals surface area contributed by atoms with E-state index in [0.29, 0.717) is 49.3 Å². The van der Waals surface area contributed by atoms with Crippen molar-refractivity contribution in [3.05, 3.63) is 29.3 Å². The maximum absolute atomic E-state index is 13.2. The lowest BCUT2D eigenvalue weighted by Gasteiger charge is -2.39. The fraction of sp³-hybridized carbons (Fsp3) is 0.731. The summed E-state index contributed by atoms with van der Waals surface area (Å²) in [6.45, 7) is 9.23. The number of nitrogens with zero attached hydrogens (tertiary/aromatic N) is 2. The quantitative estimate of drug-likeness (QED) is 0.575. The molecule has 0 saturated carbocycles. The number of piperidine rings is 1. The van der Waals surface area contributed by atoms with Crippen LogP contribution in [0.1, 0.15) is 57.1 Å². The van der Waals surface area contributed by atoms with Crippen LogP contribution in [-0.4, -0.2) is 75.5 Å². The lowest BCUT2D eigenvalue weighted by Crippen LogP contribution is -2.53. The van der Waals surface area contributed by atoms with Crippen molar-refractivity contribution in [2.45, 2.75) is 69.7 Å². The zero-order valence-corrected chi connectivity index (χ0v) is 21.6. The summed E-state index contributed by atoms with van der Waals surface area (Å²) < 4.78 is 33.5. The number of carbonyl (C=O) groups excluding carboxylic acids is 1. The number of morpholine rings is 1. The average Bonchev–Trinajstić information content (AvgIpc) is 3.35. The Morgan fingerprint density at radius 1 is 1.06 bits per heavy atom. The van der Waals surface area contributed by atoms with Crippen molar-refractivity contribution < 1.29 is 17.9 Å². The molecule has 2 heterocycles. The van der Waals surface area contributed by atoms with Crippen LogP contribution in [0, 0.1) is 11.8 Å². The molecule has 4 rings (SSSR count). The van der Waals surface area contributed by atoms with Crippen LogP contribution in [0.5, 0.6) is 0 Å². The van der Waals surface area contributed by atoms with E-state index < -0.39 is 10.0 Å². The zero-order chi connectivity index (χ0) is 24.1. The highest BCUT2D eigenvalue weighted by atomic mass is 32.2. The van der Waals surface area contributed by atoms with E-state index in [9.17, 15) is 13.2 Å². The molecular weight excluding hydrogens is 450 g/mol. The van der Waals surface area contributed by atoms with Gasteiger partial charge in [0.25, 0.3) is 0 Å². The number of carbonyl (C=O) groups is 1. The van der Waals surface area contributed by atoms with Crippen LogP contribution in [0.15, 0.2) is 23.1 Å². The van der Waals surface area contributed by atoms with Gasteiger partial charge >= 0.3 is 0 Å². The number of sulfonamides is 1. The minimum absolute atomic E-state index is 0.0683. The molecule has 2 fully saturated rings. The Labute approximate surface area is 205 Å². The monoisotopic (exact) mass is 491 g/mol. The van der Waals surface area contributed by atoms with Crippen LogP contribution in [0.3, 0.4) is 0 Å². The van der Waals surface area contributed by atoms with Gasteiger partial charge in [-0.25, -0.2) is 8.42 Å². The third-order valence-electron chi connectivity index (χ3n) is 8.13. The van der Waals surface area contributed by atoms with Crippen molar-refractivity contribution in [3.63, 3.8) is 0 Å². The van der Waals surface area contributed by atoms with Crippen LogP contribution >= 0.6 is 0 Å². The number of amides is 1. The molecular formula is C26H41N3O4S. The van der Waals surface area contributed by atoms with E-state index in [1.807, 2.05) is 12.1 Å². The van der Waals surface area contributed by atoms with Crippen molar-refractivity contribution in [2.24, 2.45) is 11.8 Å². The Morgan fingerprint density at radius 3 is 2.41 bits per heavy atom. The number of rotatable bonds is 9. The summed E-state index contributed by atoms with van der Waals surface area (Å²) in [5.74, 6) is 0.481. The van der Waals surface area contributed by atoms with E-state index in [1.165, 1.54) is 11.1 Å². The first-order valence-corrected chi connectivity index (χ1v) is 14.6. The van der Waals surface area contributed by atoms with E-state index in [2.05, 4.69) is 24.1 Å². The van der Waals surface area contributed by atoms with Crippen LogP contribution in [0.25, 0.3) is 0 Å². The summed E-state index contributed by atoms with van der Waals surface area (Å²) in [5.41, 5.74) is 2.45. The zero-order valence-electron chi connectivity index (χ0n) is 20.8. The molecule has 1 aromatic carbocycles. The van der Waals surface area contributed by atoms with Gasteiger partial charge in [0.2, 0.25) is 15.9 Å². The van der Waals surface area contributed by atoms with Crippen LogP contribution in [0.4, 0.5) is 0 Å². The Bertz CT molecular complexity index is 933. The molecule has 8 heteroatoms. The second-order valence-electron chi connectivity index (χ2n) is 10.00. The molecule has 1 aromatic rings. The Morgan fingerprint density at radius 2 is 1.74 bits per heavy atom. The van der Waals surface area contributed by atoms with Crippen LogP contribution in [-0.2, 0) is 32.4 Å². The molecule has 0 bridgehead atoms. The van der Waals surface area contributed by atoms with Crippen LogP contribution in [0.2, 0.25) is 0 Å². The third kappa shape index (κ3) is 5.66. The summed E-state index contributed by atoms with van der Waals surface area (Å²) in [4.78, 5) is 15.9. The van der Waals surface area contributed by atoms with E-state index in [0.717, 1.165) is 58.4 Å². The average molecular weight is 492 g/mol. The van der Waals surface area contributed by atoms with Gasteiger partial charge in [-0.3, -0.25) is 9.69 Å². The van der Waals surface area contributed by atoms with E-state index in [1.54, 1.807) is 10.4 Å². The molecule has 1 unspecified atom stereocenters. The molecule has 1 atom stereocenters. The second kappa shape index (κ2) is 11.5. The highest BCUT2D eigenvalue weighted by Crippen LogP contribution is 2.29.